The van der Waals surface area contributed by atoms with Crippen LogP contribution in [0.15, 0.2) is 42.6 Å². The topological polar surface area (TPSA) is 54.5 Å². The van der Waals surface area contributed by atoms with Crippen molar-refractivity contribution in [3.63, 3.8) is 0 Å². The summed E-state index contributed by atoms with van der Waals surface area (Å²) in [5.74, 6) is -1.59. The second-order valence-corrected chi connectivity index (χ2v) is 8.09. The van der Waals surface area contributed by atoms with Crippen LogP contribution in [0.1, 0.15) is 43.0 Å². The molecule has 160 valence electrons. The second-order valence-electron chi connectivity index (χ2n) is 8.09. The van der Waals surface area contributed by atoms with Gasteiger partial charge < -0.3 is 10.1 Å². The number of aromatic nitrogens is 1. The second kappa shape index (κ2) is 9.62. The molecule has 1 aromatic heterocycles. The first kappa shape index (κ1) is 20.9. The van der Waals surface area contributed by atoms with Gasteiger partial charge in [0.05, 0.1) is 11.7 Å². The summed E-state index contributed by atoms with van der Waals surface area (Å²) in [4.78, 5) is 19.4. The van der Waals surface area contributed by atoms with Gasteiger partial charge in [0.25, 0.3) is 0 Å². The third kappa shape index (κ3) is 4.84. The first-order valence-electron chi connectivity index (χ1n) is 10.6. The molecule has 1 N–H and O–H groups in total. The lowest BCUT2D eigenvalue weighted by Gasteiger charge is -2.37. The maximum Gasteiger partial charge on any atom is 0.249 e. The molecule has 0 radical (unpaired) electrons. The Labute approximate surface area is 175 Å². The van der Waals surface area contributed by atoms with Crippen LogP contribution in [0.2, 0.25) is 0 Å². The summed E-state index contributed by atoms with van der Waals surface area (Å²) in [6, 6.07) is 9.73. The van der Waals surface area contributed by atoms with Crippen molar-refractivity contribution >= 4 is 5.91 Å². The van der Waals surface area contributed by atoms with Crippen LogP contribution in [0, 0.1) is 17.6 Å². The minimum Gasteiger partial charge on any atom is -0.368 e. The number of carbonyl (C=O) groups is 1. The van der Waals surface area contributed by atoms with E-state index in [2.05, 4.69) is 15.2 Å². The van der Waals surface area contributed by atoms with Crippen LogP contribution in [0.3, 0.4) is 0 Å². The van der Waals surface area contributed by atoms with Gasteiger partial charge in [-0.1, -0.05) is 18.2 Å². The normalized spacial score (nSPS) is 23.3. The minimum absolute atomic E-state index is 0.101. The molecule has 2 aliphatic rings. The van der Waals surface area contributed by atoms with Crippen molar-refractivity contribution < 1.29 is 18.3 Å². The molecule has 3 atom stereocenters. The van der Waals surface area contributed by atoms with Gasteiger partial charge in [-0.05, 0) is 56.3 Å². The average Bonchev–Trinajstić information content (AvgIpc) is 3.31. The van der Waals surface area contributed by atoms with Gasteiger partial charge in [0.2, 0.25) is 5.91 Å². The zero-order valence-corrected chi connectivity index (χ0v) is 16.9. The number of carbonyl (C=O) groups excluding carboxylic acids is 1. The molecule has 0 bridgehead atoms. The number of ether oxygens (including phenoxy) is 1. The third-order valence-corrected chi connectivity index (χ3v) is 5.97. The fourth-order valence-corrected chi connectivity index (χ4v) is 4.44. The molecule has 2 aliphatic heterocycles. The molecule has 1 amide bonds. The number of halogens is 2. The Balaban J connectivity index is 1.49. The predicted molar refractivity (Wildman–Crippen MR) is 108 cm³/mol. The first-order chi connectivity index (χ1) is 14.6. The number of benzene rings is 1. The van der Waals surface area contributed by atoms with Crippen LogP contribution in [-0.4, -0.2) is 41.6 Å². The summed E-state index contributed by atoms with van der Waals surface area (Å²) in [5.41, 5.74) is 1.17. The molecular weight excluding hydrogens is 388 g/mol. The van der Waals surface area contributed by atoms with Crippen molar-refractivity contribution in [3.05, 3.63) is 65.5 Å². The average molecular weight is 415 g/mol. The SMILES string of the molecule is O=C(N[C@H](c1ccccn1)[C@@H]1CCCN(Cc2cccc(F)c2F)C1)[C@H]1CCCO1. The van der Waals surface area contributed by atoms with Crippen LogP contribution in [-0.2, 0) is 16.1 Å². The van der Waals surface area contributed by atoms with Crippen LogP contribution in [0.5, 0.6) is 0 Å². The Bertz CT molecular complexity index is 859. The van der Waals surface area contributed by atoms with Crippen molar-refractivity contribution in [2.24, 2.45) is 5.92 Å². The molecule has 0 aliphatic carbocycles. The van der Waals surface area contributed by atoms with Crippen LogP contribution in [0.25, 0.3) is 0 Å². The maximum absolute atomic E-state index is 14.1. The number of likely N-dealkylation sites (tertiary alicyclic amines) is 1. The Morgan fingerprint density at radius 1 is 1.20 bits per heavy atom. The number of hydrogen-bond acceptors (Lipinski definition) is 4. The molecule has 4 rings (SSSR count). The number of hydrogen-bond donors (Lipinski definition) is 1. The molecule has 30 heavy (non-hydrogen) atoms. The molecule has 2 saturated heterocycles. The van der Waals surface area contributed by atoms with Gasteiger partial charge in [-0.25, -0.2) is 8.78 Å². The Morgan fingerprint density at radius 3 is 2.87 bits per heavy atom. The van der Waals surface area contributed by atoms with Crippen LogP contribution >= 0.6 is 0 Å². The van der Waals surface area contributed by atoms with E-state index in [1.165, 1.54) is 6.07 Å². The number of nitrogens with one attached hydrogen (secondary N) is 1. The lowest BCUT2D eigenvalue weighted by atomic mass is 9.88. The largest absolute Gasteiger partial charge is 0.368 e. The quantitative estimate of drug-likeness (QED) is 0.783. The Kier molecular flexibility index (Phi) is 6.69. The standard InChI is InChI=1S/C23H27F2N3O2/c24-18-8-3-6-16(21(18)25)14-28-12-4-7-17(15-28)22(19-9-1-2-11-26-19)27-23(29)20-10-5-13-30-20/h1-3,6,8-9,11,17,20,22H,4-5,7,10,12-15H2,(H,27,29)/t17-,20-,22+/m1/s1. The summed E-state index contributed by atoms with van der Waals surface area (Å²) < 4.78 is 33.3. The molecule has 3 heterocycles. The fraction of sp³-hybridized carbons (Fsp3) is 0.478. The predicted octanol–water partition coefficient (Wildman–Crippen LogP) is 3.61. The number of pyridine rings is 1. The molecule has 5 nitrogen and oxygen atoms in total. The van der Waals surface area contributed by atoms with Gasteiger partial charge in [-0.3, -0.25) is 14.7 Å². The van der Waals surface area contributed by atoms with E-state index in [9.17, 15) is 13.6 Å². The maximum atomic E-state index is 14.1. The van der Waals surface area contributed by atoms with E-state index in [1.807, 2.05) is 18.2 Å². The van der Waals surface area contributed by atoms with Gasteiger partial charge in [0.15, 0.2) is 11.6 Å². The van der Waals surface area contributed by atoms with Crippen molar-refractivity contribution in [2.45, 2.75) is 44.4 Å². The van der Waals surface area contributed by atoms with E-state index in [-0.39, 0.29) is 17.9 Å². The zero-order valence-electron chi connectivity index (χ0n) is 16.9. The van der Waals surface area contributed by atoms with Crippen molar-refractivity contribution in [2.75, 3.05) is 19.7 Å². The summed E-state index contributed by atoms with van der Waals surface area (Å²) in [6.45, 7) is 2.43. The Hall–Kier alpha value is -2.38. The van der Waals surface area contributed by atoms with E-state index in [0.29, 0.717) is 25.3 Å². The van der Waals surface area contributed by atoms with Crippen molar-refractivity contribution in [3.8, 4) is 0 Å². The zero-order chi connectivity index (χ0) is 20.9. The molecule has 0 unspecified atom stereocenters. The van der Waals surface area contributed by atoms with Gasteiger partial charge >= 0.3 is 0 Å². The van der Waals surface area contributed by atoms with Crippen molar-refractivity contribution in [1.82, 2.24) is 15.2 Å². The summed E-state index contributed by atoms with van der Waals surface area (Å²) in [7, 11) is 0. The van der Waals surface area contributed by atoms with Gasteiger partial charge in [0.1, 0.15) is 6.10 Å². The van der Waals surface area contributed by atoms with Crippen LogP contribution < -0.4 is 5.32 Å². The van der Waals surface area contributed by atoms with E-state index >= 15 is 0 Å². The fourth-order valence-electron chi connectivity index (χ4n) is 4.44. The molecule has 1 aromatic carbocycles. The van der Waals surface area contributed by atoms with Crippen LogP contribution in [0.4, 0.5) is 8.78 Å². The van der Waals surface area contributed by atoms with Gasteiger partial charge in [0, 0.05) is 31.5 Å². The number of piperidine rings is 1. The van der Waals surface area contributed by atoms with Gasteiger partial charge in [-0.2, -0.15) is 0 Å². The van der Waals surface area contributed by atoms with Gasteiger partial charge in [-0.15, -0.1) is 0 Å². The highest BCUT2D eigenvalue weighted by Crippen LogP contribution is 2.30. The summed E-state index contributed by atoms with van der Waals surface area (Å²) >= 11 is 0. The molecule has 7 heteroatoms. The highest BCUT2D eigenvalue weighted by atomic mass is 19.2. The number of amides is 1. The monoisotopic (exact) mass is 415 g/mol. The Morgan fingerprint density at radius 2 is 2.10 bits per heavy atom. The van der Waals surface area contributed by atoms with E-state index in [4.69, 9.17) is 4.74 Å². The third-order valence-electron chi connectivity index (χ3n) is 5.97. The molecule has 2 fully saturated rings. The highest BCUT2D eigenvalue weighted by molar-refractivity contribution is 5.81. The highest BCUT2D eigenvalue weighted by Gasteiger charge is 2.33. The lowest BCUT2D eigenvalue weighted by Crippen LogP contribution is -2.45. The van der Waals surface area contributed by atoms with E-state index < -0.39 is 17.7 Å². The first-order valence-corrected chi connectivity index (χ1v) is 10.6. The van der Waals surface area contributed by atoms with E-state index in [0.717, 1.165) is 44.0 Å². The molecule has 0 spiro atoms. The minimum atomic E-state index is -0.823. The number of nitrogens with zero attached hydrogens (tertiary/aromatic N) is 2. The van der Waals surface area contributed by atoms with E-state index in [1.54, 1.807) is 12.3 Å². The molecule has 0 saturated carbocycles. The lowest BCUT2D eigenvalue weighted by molar-refractivity contribution is -0.131. The smallest absolute Gasteiger partial charge is 0.249 e. The molecular formula is C23H27F2N3O2. The summed E-state index contributed by atoms with van der Waals surface area (Å²) in [6.07, 6.45) is 4.79. The summed E-state index contributed by atoms with van der Waals surface area (Å²) in [5, 5.41) is 3.16. The van der Waals surface area contributed by atoms with Crippen molar-refractivity contribution in [1.29, 1.82) is 0 Å². The molecule has 2 aromatic rings. The number of rotatable bonds is 6.